The highest BCUT2D eigenvalue weighted by atomic mass is 19.4. The van der Waals surface area contributed by atoms with E-state index in [0.717, 1.165) is 34.9 Å². The number of β-amino-alcohol motifs (C(OH)–C–C–N with tert-alkyl or cyclic N) is 1. The van der Waals surface area contributed by atoms with Gasteiger partial charge in [0, 0.05) is 43.0 Å². The molecule has 0 bridgehead atoms. The van der Waals surface area contributed by atoms with E-state index >= 15 is 8.78 Å². The van der Waals surface area contributed by atoms with E-state index in [0.29, 0.717) is 35.0 Å². The number of aromatic nitrogens is 3. The van der Waals surface area contributed by atoms with Crippen molar-refractivity contribution in [3.63, 3.8) is 0 Å². The van der Waals surface area contributed by atoms with Gasteiger partial charge in [-0.25, -0.2) is 13.8 Å². The summed E-state index contributed by atoms with van der Waals surface area (Å²) >= 11 is 0. The molecule has 386 valence electrons. The zero-order valence-corrected chi connectivity index (χ0v) is 40.1. The van der Waals surface area contributed by atoms with Crippen LogP contribution in [-0.2, 0) is 31.5 Å². The molecule has 0 radical (unpaired) electrons. The molecule has 0 unspecified atom stereocenters. The first-order valence-corrected chi connectivity index (χ1v) is 22.8. The number of nitrogens with one attached hydrogen (secondary N) is 2. The minimum atomic E-state index is -5.32. The molecule has 0 aliphatic carbocycles. The summed E-state index contributed by atoms with van der Waals surface area (Å²) in [5.41, 5.74) is -7.77. The topological polar surface area (TPSA) is 177 Å². The van der Waals surface area contributed by atoms with E-state index < -0.39 is 117 Å². The maximum atomic E-state index is 15.9. The first-order valence-electron chi connectivity index (χ1n) is 22.8. The largest absolute Gasteiger partial charge is 0.494 e. The van der Waals surface area contributed by atoms with E-state index in [1.807, 2.05) is 30.3 Å². The molecule has 3 N–H and O–H groups in total. The lowest BCUT2D eigenvalue weighted by molar-refractivity contribution is -0.141. The Morgan fingerprint density at radius 1 is 1.00 bits per heavy atom. The van der Waals surface area contributed by atoms with E-state index in [2.05, 4.69) is 21.9 Å². The van der Waals surface area contributed by atoms with Crippen LogP contribution in [-0.4, -0.2) is 86.7 Å². The normalized spacial score (nSPS) is 17.5. The number of nitrogens with zero attached hydrogens (tertiary/aromatic N) is 6. The van der Waals surface area contributed by atoms with Crippen molar-refractivity contribution in [1.29, 1.82) is 5.26 Å². The molecule has 0 saturated carbocycles. The minimum absolute atomic E-state index is 0.0388. The molecular formula is C51H50F8N8O6. The molecule has 3 amide bonds. The number of alkyl halides is 6. The quantitative estimate of drug-likeness (QED) is 0.0676. The SMILES string of the molecule is C=C1N(c2ccc(C#N)c(C(F)(F)F)c2F)C(=O)C(C)(C)N1c1cnc(-c2ccc(OCCCCOCC(=O)N[C@H](C(=O)N3C[C@H](O)C[C@H]3c3nc(-c4ccccc4)c[nH]3)C(C)(C)C)cc2C(F)(F)F)c(F)c1. The van der Waals surface area contributed by atoms with Crippen LogP contribution < -0.4 is 19.9 Å². The molecule has 14 nitrogen and oxygen atoms in total. The van der Waals surface area contributed by atoms with Crippen LogP contribution in [0.3, 0.4) is 0 Å². The van der Waals surface area contributed by atoms with Crippen molar-refractivity contribution < 1.29 is 64.1 Å². The third kappa shape index (κ3) is 11.2. The van der Waals surface area contributed by atoms with Gasteiger partial charge in [0.15, 0.2) is 11.6 Å². The van der Waals surface area contributed by atoms with Gasteiger partial charge in [-0.3, -0.25) is 24.3 Å². The van der Waals surface area contributed by atoms with Crippen LogP contribution in [0.4, 0.5) is 46.5 Å². The van der Waals surface area contributed by atoms with Gasteiger partial charge in [0.25, 0.3) is 5.91 Å². The summed E-state index contributed by atoms with van der Waals surface area (Å²) < 4.78 is 127. The molecule has 2 aliphatic rings. The average Bonchev–Trinajstić information content (AvgIpc) is 4.01. The highest BCUT2D eigenvalue weighted by Gasteiger charge is 2.51. The summed E-state index contributed by atoms with van der Waals surface area (Å²) in [5.74, 6) is -5.34. The first kappa shape index (κ1) is 53.4. The summed E-state index contributed by atoms with van der Waals surface area (Å²) in [7, 11) is 0. The number of halogens is 8. The Bertz CT molecular complexity index is 2950. The number of amides is 3. The van der Waals surface area contributed by atoms with Crippen molar-refractivity contribution in [3.05, 3.63) is 126 Å². The van der Waals surface area contributed by atoms with Crippen molar-refractivity contribution in [2.75, 3.05) is 36.2 Å². The Morgan fingerprint density at radius 2 is 1.70 bits per heavy atom. The van der Waals surface area contributed by atoms with Gasteiger partial charge in [-0.15, -0.1) is 0 Å². The number of benzene rings is 3. The Kier molecular flexibility index (Phi) is 15.1. The predicted molar refractivity (Wildman–Crippen MR) is 250 cm³/mol. The van der Waals surface area contributed by atoms with Crippen molar-refractivity contribution in [3.8, 4) is 34.3 Å². The van der Waals surface area contributed by atoms with Crippen LogP contribution >= 0.6 is 0 Å². The van der Waals surface area contributed by atoms with E-state index in [1.54, 1.807) is 27.0 Å². The van der Waals surface area contributed by atoms with E-state index in [4.69, 9.17) is 14.5 Å². The first-order chi connectivity index (χ1) is 34.2. The van der Waals surface area contributed by atoms with Crippen molar-refractivity contribution >= 4 is 29.1 Å². The Hall–Kier alpha value is -7.38. The highest BCUT2D eigenvalue weighted by Crippen LogP contribution is 2.46. The van der Waals surface area contributed by atoms with Gasteiger partial charge in [-0.2, -0.15) is 31.6 Å². The molecule has 2 saturated heterocycles. The second-order valence-corrected chi connectivity index (χ2v) is 19.0. The summed E-state index contributed by atoms with van der Waals surface area (Å²) in [5, 5.41) is 22.6. The van der Waals surface area contributed by atoms with Crippen LogP contribution in [0.1, 0.15) is 82.4 Å². The number of carbonyl (C=O) groups is 3. The number of pyridine rings is 1. The van der Waals surface area contributed by atoms with Crippen molar-refractivity contribution in [1.82, 2.24) is 25.2 Å². The molecule has 2 aromatic heterocycles. The molecule has 2 aliphatic heterocycles. The van der Waals surface area contributed by atoms with Crippen molar-refractivity contribution in [2.45, 2.75) is 90.0 Å². The Balaban J connectivity index is 0.941. The molecule has 0 spiro atoms. The number of aliphatic hydroxyl groups excluding tert-OH is 1. The number of H-pyrrole nitrogens is 1. The third-order valence-electron chi connectivity index (χ3n) is 12.4. The second kappa shape index (κ2) is 20.6. The number of rotatable bonds is 15. The van der Waals surface area contributed by atoms with E-state index in [1.165, 1.54) is 30.9 Å². The number of hydrogen-bond acceptors (Lipinski definition) is 10. The number of aromatic amines is 1. The second-order valence-electron chi connectivity index (χ2n) is 19.0. The lowest BCUT2D eigenvalue weighted by atomic mass is 9.85. The van der Waals surface area contributed by atoms with E-state index in [9.17, 15) is 51.1 Å². The van der Waals surface area contributed by atoms with Crippen LogP contribution in [0.25, 0.3) is 22.5 Å². The molecule has 3 aromatic carbocycles. The van der Waals surface area contributed by atoms with Gasteiger partial charge in [-0.05, 0) is 62.4 Å². The van der Waals surface area contributed by atoms with Crippen LogP contribution in [0.15, 0.2) is 91.5 Å². The predicted octanol–water partition coefficient (Wildman–Crippen LogP) is 9.47. The summed E-state index contributed by atoms with van der Waals surface area (Å²) in [6.07, 6.45) is -7.66. The fraction of sp³-hybridized carbons (Fsp3) is 0.373. The molecule has 73 heavy (non-hydrogen) atoms. The molecule has 3 atom stereocenters. The number of hydrogen-bond donors (Lipinski definition) is 3. The number of nitriles is 1. The molecule has 5 aromatic rings. The number of anilines is 2. The molecular weight excluding hydrogens is 973 g/mol. The number of imidazole rings is 1. The number of likely N-dealkylation sites (tertiary alicyclic amines) is 1. The summed E-state index contributed by atoms with van der Waals surface area (Å²) in [6, 6.07) is 14.2. The standard InChI is InChI=1S/C51H50F8N8O6/c1-28-66(38-17-14-30(23-60)41(42(38)53)51(57,58)59)47(71)49(5,6)67(28)31-20-36(52)43(61-24-31)34-16-15-33(22-35(34)50(54,55)56)73-19-11-10-18-72-27-40(69)64-44(48(2,3)4)46(70)65-26-32(68)21-39(65)45-62-25-37(63-45)29-12-8-7-9-13-29/h7-9,12-17,20,22,24-25,32,39,44,68H,1,10-11,18-19,21,26-27H2,2-6H3,(H,62,63)(H,64,69)/t32-,39+,44-/m1/s1. The summed E-state index contributed by atoms with van der Waals surface area (Å²) in [4.78, 5) is 55.6. The number of unbranched alkanes of at least 4 members (excludes halogenated alkanes) is 1. The van der Waals surface area contributed by atoms with Crippen molar-refractivity contribution in [2.24, 2.45) is 5.41 Å². The van der Waals surface area contributed by atoms with Crippen LogP contribution in [0, 0.1) is 28.4 Å². The van der Waals surface area contributed by atoms with Gasteiger partial charge < -0.3 is 34.7 Å². The van der Waals surface area contributed by atoms with Gasteiger partial charge in [0.2, 0.25) is 11.8 Å². The van der Waals surface area contributed by atoms with Gasteiger partial charge in [0.1, 0.15) is 46.8 Å². The lowest BCUT2D eigenvalue weighted by Crippen LogP contribution is -2.55. The Labute approximate surface area is 414 Å². The monoisotopic (exact) mass is 1020 g/mol. The van der Waals surface area contributed by atoms with Crippen LogP contribution in [0.2, 0.25) is 0 Å². The van der Waals surface area contributed by atoms with Crippen LogP contribution in [0.5, 0.6) is 5.75 Å². The van der Waals surface area contributed by atoms with Gasteiger partial charge >= 0.3 is 12.4 Å². The highest BCUT2D eigenvalue weighted by molar-refractivity contribution is 6.09. The maximum Gasteiger partial charge on any atom is 0.420 e. The summed E-state index contributed by atoms with van der Waals surface area (Å²) in [6.45, 7) is 11.3. The van der Waals surface area contributed by atoms with Gasteiger partial charge in [-0.1, -0.05) is 57.7 Å². The molecule has 2 fully saturated rings. The fourth-order valence-electron chi connectivity index (χ4n) is 8.80. The maximum absolute atomic E-state index is 15.9. The number of ether oxygens (including phenoxy) is 2. The average molecular weight is 1020 g/mol. The fourth-order valence-corrected chi connectivity index (χ4v) is 8.80. The molecule has 22 heteroatoms. The number of aliphatic hydroxyl groups is 1. The Morgan fingerprint density at radius 3 is 2.34 bits per heavy atom. The minimum Gasteiger partial charge on any atom is -0.494 e. The molecule has 4 heterocycles. The smallest absolute Gasteiger partial charge is 0.420 e. The lowest BCUT2D eigenvalue weighted by Gasteiger charge is -2.35. The van der Waals surface area contributed by atoms with Gasteiger partial charge in [0.05, 0.1) is 59.2 Å². The number of carbonyl (C=O) groups excluding carboxylic acids is 3. The molecule has 7 rings (SSSR count). The third-order valence-corrected chi connectivity index (χ3v) is 12.4. The zero-order valence-electron chi connectivity index (χ0n) is 40.1. The van der Waals surface area contributed by atoms with E-state index in [-0.39, 0.29) is 44.0 Å². The zero-order chi connectivity index (χ0) is 53.4.